The molecule has 100 valence electrons. The summed E-state index contributed by atoms with van der Waals surface area (Å²) in [6.07, 6.45) is 2.31. The lowest BCUT2D eigenvalue weighted by molar-refractivity contribution is 0.411. The fourth-order valence-corrected chi connectivity index (χ4v) is 4.62. The van der Waals surface area contributed by atoms with E-state index < -0.39 is 10.0 Å². The van der Waals surface area contributed by atoms with Crippen LogP contribution in [0.4, 0.5) is 0 Å². The molecule has 0 aromatic heterocycles. The second-order valence-corrected chi connectivity index (χ2v) is 7.59. The van der Waals surface area contributed by atoms with Gasteiger partial charge in [-0.1, -0.05) is 13.0 Å². The van der Waals surface area contributed by atoms with Crippen molar-refractivity contribution in [1.29, 1.82) is 0 Å². The third-order valence-electron chi connectivity index (χ3n) is 3.22. The average molecular weight is 332 g/mol. The van der Waals surface area contributed by atoms with Gasteiger partial charge in [-0.2, -0.15) is 4.31 Å². The maximum atomic E-state index is 12.6. The van der Waals surface area contributed by atoms with E-state index in [2.05, 4.69) is 15.9 Å². The van der Waals surface area contributed by atoms with Gasteiger partial charge in [-0.15, -0.1) is 0 Å². The van der Waals surface area contributed by atoms with Crippen molar-refractivity contribution in [2.24, 2.45) is 5.92 Å². The molecule has 0 bridgehead atoms. The fraction of sp³-hybridized carbons (Fsp3) is 0.538. The van der Waals surface area contributed by atoms with Gasteiger partial charge in [-0.3, -0.25) is 0 Å². The molecular weight excluding hydrogens is 314 g/mol. The summed E-state index contributed by atoms with van der Waals surface area (Å²) in [5.41, 5.74) is 1.05. The second-order valence-electron chi connectivity index (χ2n) is 4.83. The Morgan fingerprint density at radius 1 is 1.39 bits per heavy atom. The van der Waals surface area contributed by atoms with Crippen LogP contribution >= 0.6 is 15.9 Å². The van der Waals surface area contributed by atoms with Crippen LogP contribution in [0.3, 0.4) is 0 Å². The number of rotatable bonds is 5. The van der Waals surface area contributed by atoms with Gasteiger partial charge >= 0.3 is 0 Å². The summed E-state index contributed by atoms with van der Waals surface area (Å²) in [6, 6.07) is 5.37. The van der Waals surface area contributed by atoms with Gasteiger partial charge in [-0.25, -0.2) is 8.42 Å². The van der Waals surface area contributed by atoms with Gasteiger partial charge in [-0.05, 0) is 59.3 Å². The maximum Gasteiger partial charge on any atom is 0.244 e. The molecule has 2 rings (SSSR count). The third kappa shape index (κ3) is 2.95. The Bertz CT molecular complexity index is 538. The molecule has 0 N–H and O–H groups in total. The first-order valence-corrected chi connectivity index (χ1v) is 8.44. The van der Waals surface area contributed by atoms with Crippen molar-refractivity contribution in [2.45, 2.75) is 31.6 Å². The van der Waals surface area contributed by atoms with Gasteiger partial charge < -0.3 is 0 Å². The van der Waals surface area contributed by atoms with Gasteiger partial charge in [0.25, 0.3) is 0 Å². The Morgan fingerprint density at radius 3 is 2.56 bits per heavy atom. The molecule has 0 aliphatic heterocycles. The SMILES string of the molecule is CCN(CC1CC1)S(=O)(=O)c1ccc(C)cc1Br. The first kappa shape index (κ1) is 14.0. The molecule has 0 radical (unpaired) electrons. The minimum absolute atomic E-state index is 0.371. The fourth-order valence-electron chi connectivity index (χ4n) is 1.94. The zero-order valence-corrected chi connectivity index (χ0v) is 13.1. The standard InChI is InChI=1S/C13H18BrNO2S/c1-3-15(9-11-5-6-11)18(16,17)13-7-4-10(2)8-12(13)14/h4,7-8,11H,3,5-6,9H2,1-2H3. The van der Waals surface area contributed by atoms with Crippen molar-refractivity contribution in [3.63, 3.8) is 0 Å². The number of aryl methyl sites for hydroxylation is 1. The summed E-state index contributed by atoms with van der Waals surface area (Å²) >= 11 is 3.36. The highest BCUT2D eigenvalue weighted by Crippen LogP contribution is 2.33. The summed E-state index contributed by atoms with van der Waals surface area (Å²) in [6.45, 7) is 5.02. The smallest absolute Gasteiger partial charge is 0.207 e. The molecule has 1 aliphatic rings. The Morgan fingerprint density at radius 2 is 2.06 bits per heavy atom. The number of sulfonamides is 1. The van der Waals surface area contributed by atoms with E-state index in [4.69, 9.17) is 0 Å². The van der Waals surface area contributed by atoms with Crippen LogP contribution in [0.25, 0.3) is 0 Å². The Balaban J connectivity index is 2.32. The van der Waals surface area contributed by atoms with Crippen LogP contribution in [0.15, 0.2) is 27.6 Å². The van der Waals surface area contributed by atoms with Gasteiger partial charge in [0.1, 0.15) is 0 Å². The minimum Gasteiger partial charge on any atom is -0.207 e. The predicted molar refractivity (Wildman–Crippen MR) is 76.0 cm³/mol. The highest BCUT2D eigenvalue weighted by Gasteiger charge is 2.31. The third-order valence-corrected chi connectivity index (χ3v) is 6.13. The highest BCUT2D eigenvalue weighted by atomic mass is 79.9. The monoisotopic (exact) mass is 331 g/mol. The molecule has 1 saturated carbocycles. The summed E-state index contributed by atoms with van der Waals surface area (Å²) in [7, 11) is -3.37. The molecule has 5 heteroatoms. The van der Waals surface area contributed by atoms with E-state index in [9.17, 15) is 8.42 Å². The first-order valence-electron chi connectivity index (χ1n) is 6.21. The Labute approximate surface area is 117 Å². The number of hydrogen-bond acceptors (Lipinski definition) is 2. The Hall–Kier alpha value is -0.390. The van der Waals surface area contributed by atoms with Crippen molar-refractivity contribution in [1.82, 2.24) is 4.31 Å². The topological polar surface area (TPSA) is 37.4 Å². The van der Waals surface area contributed by atoms with E-state index in [1.807, 2.05) is 26.0 Å². The van der Waals surface area contributed by atoms with E-state index in [1.165, 1.54) is 0 Å². The zero-order chi connectivity index (χ0) is 13.3. The lowest BCUT2D eigenvalue weighted by atomic mass is 10.2. The molecule has 3 nitrogen and oxygen atoms in total. The van der Waals surface area contributed by atoms with Crippen molar-refractivity contribution in [2.75, 3.05) is 13.1 Å². The van der Waals surface area contributed by atoms with E-state index in [1.54, 1.807) is 10.4 Å². The second kappa shape index (κ2) is 5.31. The predicted octanol–water partition coefficient (Wildman–Crippen LogP) is 3.18. The number of benzene rings is 1. The van der Waals surface area contributed by atoms with Crippen LogP contribution in [0.5, 0.6) is 0 Å². The van der Waals surface area contributed by atoms with E-state index in [0.717, 1.165) is 18.4 Å². The molecule has 0 unspecified atom stereocenters. The largest absolute Gasteiger partial charge is 0.244 e. The van der Waals surface area contributed by atoms with Gasteiger partial charge in [0.15, 0.2) is 0 Å². The zero-order valence-electron chi connectivity index (χ0n) is 10.7. The summed E-state index contributed by atoms with van der Waals surface area (Å²) in [5.74, 6) is 0.559. The van der Waals surface area contributed by atoms with Crippen molar-refractivity contribution in [3.8, 4) is 0 Å². The molecule has 1 aromatic carbocycles. The van der Waals surface area contributed by atoms with E-state index in [0.29, 0.717) is 28.4 Å². The Kier molecular flexibility index (Phi) is 4.14. The molecular formula is C13H18BrNO2S. The number of hydrogen-bond donors (Lipinski definition) is 0. The van der Waals surface area contributed by atoms with Crippen LogP contribution in [0, 0.1) is 12.8 Å². The molecule has 1 aromatic rings. The summed E-state index contributed by atoms with van der Waals surface area (Å²) in [4.78, 5) is 0.371. The average Bonchev–Trinajstić information content (AvgIpc) is 3.08. The molecule has 1 fully saturated rings. The van der Waals surface area contributed by atoms with Crippen LogP contribution in [0.1, 0.15) is 25.3 Å². The summed E-state index contributed by atoms with van der Waals surface area (Å²) < 4.78 is 27.3. The lowest BCUT2D eigenvalue weighted by Gasteiger charge is -2.21. The van der Waals surface area contributed by atoms with Crippen LogP contribution in [0.2, 0.25) is 0 Å². The first-order chi connectivity index (χ1) is 8.45. The van der Waals surface area contributed by atoms with Gasteiger partial charge in [0.2, 0.25) is 10.0 Å². The lowest BCUT2D eigenvalue weighted by Crippen LogP contribution is -2.33. The molecule has 0 heterocycles. The van der Waals surface area contributed by atoms with Gasteiger partial charge in [0, 0.05) is 17.6 Å². The van der Waals surface area contributed by atoms with E-state index in [-0.39, 0.29) is 0 Å². The highest BCUT2D eigenvalue weighted by molar-refractivity contribution is 9.10. The van der Waals surface area contributed by atoms with Crippen molar-refractivity contribution >= 4 is 26.0 Å². The normalized spacial score (nSPS) is 16.2. The van der Waals surface area contributed by atoms with Crippen molar-refractivity contribution < 1.29 is 8.42 Å². The molecule has 0 atom stereocenters. The van der Waals surface area contributed by atoms with Gasteiger partial charge in [0.05, 0.1) is 4.90 Å². The summed E-state index contributed by atoms with van der Waals surface area (Å²) in [5, 5.41) is 0. The minimum atomic E-state index is -3.37. The van der Waals surface area contributed by atoms with Crippen LogP contribution in [-0.2, 0) is 10.0 Å². The molecule has 1 aliphatic carbocycles. The molecule has 0 spiro atoms. The molecule has 0 amide bonds. The molecule has 18 heavy (non-hydrogen) atoms. The van der Waals surface area contributed by atoms with Crippen LogP contribution in [-0.4, -0.2) is 25.8 Å². The van der Waals surface area contributed by atoms with Crippen molar-refractivity contribution in [3.05, 3.63) is 28.2 Å². The maximum absolute atomic E-state index is 12.6. The van der Waals surface area contributed by atoms with E-state index >= 15 is 0 Å². The van der Waals surface area contributed by atoms with Crippen LogP contribution < -0.4 is 0 Å². The number of halogens is 1. The molecule has 0 saturated heterocycles. The number of nitrogens with zero attached hydrogens (tertiary/aromatic N) is 1. The quantitative estimate of drug-likeness (QED) is 0.830.